The number of esters is 1. The zero-order valence-corrected chi connectivity index (χ0v) is 15.0. The highest BCUT2D eigenvalue weighted by atomic mass is 32.1. The van der Waals surface area contributed by atoms with E-state index in [0.29, 0.717) is 5.69 Å². The second-order valence-corrected chi connectivity index (χ2v) is 6.84. The van der Waals surface area contributed by atoms with Gasteiger partial charge in [0.25, 0.3) is 5.91 Å². The maximum atomic E-state index is 12.0. The maximum absolute atomic E-state index is 12.0. The van der Waals surface area contributed by atoms with E-state index in [1.807, 2.05) is 30.3 Å². The summed E-state index contributed by atoms with van der Waals surface area (Å²) in [5, 5.41) is 3.66. The number of aryl methyl sites for hydroxylation is 1. The minimum atomic E-state index is -0.829. The third kappa shape index (κ3) is 4.03. The summed E-state index contributed by atoms with van der Waals surface area (Å²) in [6.07, 6.45) is -0.829. The van der Waals surface area contributed by atoms with Gasteiger partial charge in [0.05, 0.1) is 10.2 Å². The molecule has 25 heavy (non-hydrogen) atoms. The van der Waals surface area contributed by atoms with E-state index in [-0.39, 0.29) is 5.91 Å². The second-order valence-electron chi connectivity index (χ2n) is 5.81. The molecule has 1 amide bonds. The highest BCUT2D eigenvalue weighted by molar-refractivity contribution is 7.21. The number of carbonyl (C=O) groups excluding carboxylic acids is 2. The molecule has 6 heteroatoms. The van der Waals surface area contributed by atoms with Crippen LogP contribution in [0, 0.1) is 6.92 Å². The Bertz CT molecular complexity index is 931. The van der Waals surface area contributed by atoms with Gasteiger partial charge in [-0.15, -0.1) is 11.3 Å². The zero-order chi connectivity index (χ0) is 18.0. The van der Waals surface area contributed by atoms with Crippen molar-refractivity contribution >= 4 is 39.1 Å². The second kappa shape index (κ2) is 7.03. The highest BCUT2D eigenvalue weighted by Gasteiger charge is 2.16. The van der Waals surface area contributed by atoms with Crippen molar-refractivity contribution < 1.29 is 14.3 Å². The van der Waals surface area contributed by atoms with Crippen molar-refractivity contribution in [2.45, 2.75) is 26.9 Å². The van der Waals surface area contributed by atoms with Crippen LogP contribution in [0.3, 0.4) is 0 Å². The number of aromatic nitrogens is 1. The third-order valence-corrected chi connectivity index (χ3v) is 4.72. The molecule has 0 radical (unpaired) electrons. The molecule has 0 saturated heterocycles. The predicted molar refractivity (Wildman–Crippen MR) is 99.7 cm³/mol. The van der Waals surface area contributed by atoms with Crippen LogP contribution in [0.1, 0.15) is 19.4 Å². The summed E-state index contributed by atoms with van der Waals surface area (Å²) < 4.78 is 6.02. The van der Waals surface area contributed by atoms with Crippen molar-refractivity contribution in [2.75, 3.05) is 5.32 Å². The normalized spacial score (nSPS) is 12.0. The molecule has 3 rings (SSSR count). The van der Waals surface area contributed by atoms with Crippen LogP contribution >= 0.6 is 11.3 Å². The summed E-state index contributed by atoms with van der Waals surface area (Å²) in [6.45, 7) is 4.87. The van der Waals surface area contributed by atoms with Crippen molar-refractivity contribution in [1.82, 2.24) is 4.98 Å². The fraction of sp³-hybridized carbons (Fsp3) is 0.211. The molecule has 0 fully saturated rings. The number of ether oxygens (including phenoxy) is 1. The Balaban J connectivity index is 1.75. The number of hydrogen-bond acceptors (Lipinski definition) is 5. The lowest BCUT2D eigenvalue weighted by atomic mass is 10.2. The van der Waals surface area contributed by atoms with Crippen LogP contribution in [0.2, 0.25) is 0 Å². The van der Waals surface area contributed by atoms with E-state index in [0.717, 1.165) is 20.8 Å². The van der Waals surface area contributed by atoms with Crippen LogP contribution in [-0.2, 0) is 14.3 Å². The number of thiazole rings is 1. The lowest BCUT2D eigenvalue weighted by Gasteiger charge is -2.12. The Morgan fingerprint density at radius 2 is 1.88 bits per heavy atom. The molecule has 1 atom stereocenters. The summed E-state index contributed by atoms with van der Waals surface area (Å²) in [6, 6.07) is 13.6. The van der Waals surface area contributed by atoms with Crippen molar-refractivity contribution in [3.63, 3.8) is 0 Å². The molecule has 0 aliphatic rings. The van der Waals surface area contributed by atoms with Crippen LogP contribution in [0.15, 0.2) is 42.5 Å². The molecule has 128 valence electrons. The number of anilines is 1. The van der Waals surface area contributed by atoms with Gasteiger partial charge in [0.2, 0.25) is 0 Å². The van der Waals surface area contributed by atoms with Gasteiger partial charge in [0, 0.05) is 18.2 Å². The Labute approximate surface area is 149 Å². The summed E-state index contributed by atoms with van der Waals surface area (Å²) in [5.41, 5.74) is 3.83. The highest BCUT2D eigenvalue weighted by Crippen LogP contribution is 2.31. The Hall–Kier alpha value is -2.73. The molecular formula is C19H18N2O3S. The van der Waals surface area contributed by atoms with Gasteiger partial charge in [-0.1, -0.05) is 6.07 Å². The largest absolute Gasteiger partial charge is 0.453 e. The minimum absolute atomic E-state index is 0.363. The van der Waals surface area contributed by atoms with Crippen LogP contribution in [-0.4, -0.2) is 23.0 Å². The Morgan fingerprint density at radius 3 is 2.56 bits per heavy atom. The first kappa shape index (κ1) is 17.1. The summed E-state index contributed by atoms with van der Waals surface area (Å²) in [5.74, 6) is -0.845. The standard InChI is InChI=1S/C19H18N2O3S/c1-11-4-9-16-17(10-11)25-19(21-16)14-5-7-15(8-6-14)20-18(23)12(2)24-13(3)22/h4-10,12H,1-3H3,(H,20,23)/t12-/m0/s1. The first-order valence-corrected chi connectivity index (χ1v) is 8.70. The van der Waals surface area contributed by atoms with Gasteiger partial charge in [-0.05, 0) is 55.8 Å². The van der Waals surface area contributed by atoms with Crippen LogP contribution < -0.4 is 5.32 Å². The number of benzene rings is 2. The van der Waals surface area contributed by atoms with E-state index in [1.165, 1.54) is 19.4 Å². The van der Waals surface area contributed by atoms with E-state index in [2.05, 4.69) is 29.4 Å². The van der Waals surface area contributed by atoms with E-state index < -0.39 is 12.1 Å². The molecule has 1 aromatic heterocycles. The lowest BCUT2D eigenvalue weighted by Crippen LogP contribution is -2.29. The number of carbonyl (C=O) groups is 2. The van der Waals surface area contributed by atoms with E-state index in [9.17, 15) is 9.59 Å². The fourth-order valence-electron chi connectivity index (χ4n) is 2.40. The summed E-state index contributed by atoms with van der Waals surface area (Å²) >= 11 is 1.64. The molecule has 0 aliphatic heterocycles. The van der Waals surface area contributed by atoms with Crippen LogP contribution in [0.4, 0.5) is 5.69 Å². The van der Waals surface area contributed by atoms with Crippen molar-refractivity contribution in [2.24, 2.45) is 0 Å². The molecule has 1 heterocycles. The number of fused-ring (bicyclic) bond motifs is 1. The molecule has 5 nitrogen and oxygen atoms in total. The molecule has 1 N–H and O–H groups in total. The molecule has 0 bridgehead atoms. The van der Waals surface area contributed by atoms with Gasteiger partial charge < -0.3 is 10.1 Å². The Kier molecular flexibility index (Phi) is 4.81. The average molecular weight is 354 g/mol. The molecule has 2 aromatic carbocycles. The summed E-state index contributed by atoms with van der Waals surface area (Å²) in [4.78, 5) is 27.5. The maximum Gasteiger partial charge on any atom is 0.303 e. The van der Waals surface area contributed by atoms with Crippen molar-refractivity contribution in [3.05, 3.63) is 48.0 Å². The molecule has 3 aromatic rings. The number of nitrogens with one attached hydrogen (secondary N) is 1. The fourth-order valence-corrected chi connectivity index (χ4v) is 3.47. The van der Waals surface area contributed by atoms with Gasteiger partial charge >= 0.3 is 5.97 Å². The average Bonchev–Trinajstić information content (AvgIpc) is 2.97. The van der Waals surface area contributed by atoms with Gasteiger partial charge in [-0.3, -0.25) is 9.59 Å². The number of amides is 1. The molecule has 0 saturated carbocycles. The topological polar surface area (TPSA) is 68.3 Å². The zero-order valence-electron chi connectivity index (χ0n) is 14.2. The molecule has 0 unspecified atom stereocenters. The predicted octanol–water partition coefficient (Wildman–Crippen LogP) is 4.16. The van der Waals surface area contributed by atoms with E-state index in [4.69, 9.17) is 4.74 Å². The summed E-state index contributed by atoms with van der Waals surface area (Å²) in [7, 11) is 0. The number of nitrogens with zero attached hydrogens (tertiary/aromatic N) is 1. The first-order valence-electron chi connectivity index (χ1n) is 7.88. The van der Waals surface area contributed by atoms with Crippen molar-refractivity contribution in [3.8, 4) is 10.6 Å². The van der Waals surface area contributed by atoms with Gasteiger partial charge in [0.15, 0.2) is 6.10 Å². The minimum Gasteiger partial charge on any atom is -0.453 e. The smallest absolute Gasteiger partial charge is 0.303 e. The van der Waals surface area contributed by atoms with Crippen molar-refractivity contribution in [1.29, 1.82) is 0 Å². The molecular weight excluding hydrogens is 336 g/mol. The van der Waals surface area contributed by atoms with E-state index in [1.54, 1.807) is 11.3 Å². The van der Waals surface area contributed by atoms with Gasteiger partial charge in [0.1, 0.15) is 5.01 Å². The molecule has 0 spiro atoms. The SMILES string of the molecule is CC(=O)O[C@@H](C)C(=O)Nc1ccc(-c2nc3ccc(C)cc3s2)cc1. The lowest BCUT2D eigenvalue weighted by molar-refractivity contribution is -0.150. The van der Waals surface area contributed by atoms with Gasteiger partial charge in [-0.2, -0.15) is 0 Å². The van der Waals surface area contributed by atoms with Gasteiger partial charge in [-0.25, -0.2) is 4.98 Å². The monoisotopic (exact) mass is 354 g/mol. The Morgan fingerprint density at radius 1 is 1.16 bits per heavy atom. The molecule has 0 aliphatic carbocycles. The van der Waals surface area contributed by atoms with E-state index >= 15 is 0 Å². The third-order valence-electron chi connectivity index (χ3n) is 3.66. The quantitative estimate of drug-likeness (QED) is 0.714. The van der Waals surface area contributed by atoms with Crippen LogP contribution in [0.25, 0.3) is 20.8 Å². The first-order chi connectivity index (χ1) is 11.9. The number of hydrogen-bond donors (Lipinski definition) is 1. The van der Waals surface area contributed by atoms with Crippen LogP contribution in [0.5, 0.6) is 0 Å². The number of rotatable bonds is 4.